The molecule has 0 aliphatic heterocycles. The first-order valence-corrected chi connectivity index (χ1v) is 5.77. The van der Waals surface area contributed by atoms with Crippen LogP contribution in [0, 0.1) is 6.92 Å². The van der Waals surface area contributed by atoms with Gasteiger partial charge in [0, 0.05) is 24.6 Å². The van der Waals surface area contributed by atoms with E-state index in [1.165, 1.54) is 7.11 Å². The summed E-state index contributed by atoms with van der Waals surface area (Å²) in [5, 5.41) is 0. The van der Waals surface area contributed by atoms with Gasteiger partial charge in [0.2, 0.25) is 0 Å². The molecule has 1 atom stereocenters. The van der Waals surface area contributed by atoms with Gasteiger partial charge in [0.05, 0.1) is 0 Å². The number of nitrogens with zero attached hydrogens (tertiary/aromatic N) is 1. The van der Waals surface area contributed by atoms with Crippen LogP contribution in [-0.2, 0) is 4.74 Å². The normalized spacial score (nSPS) is 12.1. The Labute approximate surface area is 106 Å². The van der Waals surface area contributed by atoms with Gasteiger partial charge in [-0.15, -0.1) is 0 Å². The number of rotatable bonds is 4. The molecule has 1 aromatic carbocycles. The zero-order chi connectivity index (χ0) is 13.0. The third-order valence-corrected chi connectivity index (χ3v) is 2.77. The Bertz CT molecular complexity index is 520. The molecule has 0 aliphatic carbocycles. The van der Waals surface area contributed by atoms with Crippen molar-refractivity contribution in [1.29, 1.82) is 0 Å². The predicted octanol–water partition coefficient (Wildman–Crippen LogP) is 2.96. The quantitative estimate of drug-likeness (QED) is 0.772. The van der Waals surface area contributed by atoms with E-state index in [-0.39, 0.29) is 5.78 Å². The van der Waals surface area contributed by atoms with Crippen molar-refractivity contribution in [2.45, 2.75) is 13.0 Å². The van der Waals surface area contributed by atoms with Crippen molar-refractivity contribution in [3.8, 4) is 0 Å². The van der Waals surface area contributed by atoms with Crippen molar-refractivity contribution in [3.05, 3.63) is 65.5 Å². The largest absolute Gasteiger partial charge is 0.369 e. The zero-order valence-corrected chi connectivity index (χ0v) is 10.5. The van der Waals surface area contributed by atoms with Crippen LogP contribution >= 0.6 is 0 Å². The number of aromatic nitrogens is 1. The number of hydrogen-bond donors (Lipinski definition) is 0. The zero-order valence-electron chi connectivity index (χ0n) is 10.5. The fraction of sp³-hybridized carbons (Fsp3) is 0.200. The molecule has 3 heteroatoms. The van der Waals surface area contributed by atoms with Gasteiger partial charge in [0.1, 0.15) is 6.10 Å². The van der Waals surface area contributed by atoms with E-state index < -0.39 is 6.10 Å². The molecule has 92 valence electrons. The van der Waals surface area contributed by atoms with Crippen LogP contribution in [0.2, 0.25) is 0 Å². The van der Waals surface area contributed by atoms with E-state index in [2.05, 4.69) is 4.98 Å². The van der Waals surface area contributed by atoms with E-state index in [0.717, 1.165) is 11.3 Å². The monoisotopic (exact) mass is 241 g/mol. The van der Waals surface area contributed by atoms with Crippen LogP contribution in [0.25, 0.3) is 0 Å². The number of carbonyl (C=O) groups is 1. The maximum atomic E-state index is 12.3. The molecule has 1 heterocycles. The number of aryl methyl sites for hydroxylation is 1. The fourth-order valence-corrected chi connectivity index (χ4v) is 1.79. The molecular formula is C15H15NO2. The molecule has 0 fully saturated rings. The summed E-state index contributed by atoms with van der Waals surface area (Å²) in [5.41, 5.74) is 2.31. The Kier molecular flexibility index (Phi) is 3.85. The van der Waals surface area contributed by atoms with E-state index in [1.807, 2.05) is 43.3 Å². The molecule has 0 radical (unpaired) electrons. The number of Topliss-reactive ketones (excluding diaryl/α,β-unsaturated/α-hetero) is 1. The van der Waals surface area contributed by atoms with Gasteiger partial charge in [0.25, 0.3) is 0 Å². The highest BCUT2D eigenvalue weighted by molar-refractivity contribution is 5.99. The molecule has 0 bridgehead atoms. The molecule has 1 unspecified atom stereocenters. The Hall–Kier alpha value is -2.00. The molecule has 2 aromatic rings. The third-order valence-electron chi connectivity index (χ3n) is 2.77. The first kappa shape index (κ1) is 12.5. The number of ketones is 1. The first-order chi connectivity index (χ1) is 8.72. The first-order valence-electron chi connectivity index (χ1n) is 5.77. The second-order valence-corrected chi connectivity index (χ2v) is 4.08. The average Bonchev–Trinajstić information content (AvgIpc) is 2.41. The number of pyridine rings is 1. The second kappa shape index (κ2) is 5.56. The minimum atomic E-state index is -0.573. The predicted molar refractivity (Wildman–Crippen MR) is 69.5 cm³/mol. The van der Waals surface area contributed by atoms with Crippen LogP contribution < -0.4 is 0 Å². The summed E-state index contributed by atoms with van der Waals surface area (Å²) in [4.78, 5) is 16.5. The summed E-state index contributed by atoms with van der Waals surface area (Å²) in [5.74, 6) is -0.0730. The van der Waals surface area contributed by atoms with Crippen LogP contribution in [-0.4, -0.2) is 17.9 Å². The van der Waals surface area contributed by atoms with Crippen LogP contribution in [0.15, 0.2) is 48.7 Å². The van der Waals surface area contributed by atoms with Gasteiger partial charge in [-0.1, -0.05) is 30.3 Å². The summed E-state index contributed by atoms with van der Waals surface area (Å²) >= 11 is 0. The smallest absolute Gasteiger partial charge is 0.197 e. The Morgan fingerprint density at radius 1 is 1.17 bits per heavy atom. The van der Waals surface area contributed by atoms with Crippen LogP contribution in [0.4, 0.5) is 0 Å². The summed E-state index contributed by atoms with van der Waals surface area (Å²) in [6.45, 7) is 1.89. The summed E-state index contributed by atoms with van der Waals surface area (Å²) in [6, 6.07) is 13.1. The lowest BCUT2D eigenvalue weighted by Gasteiger charge is -2.14. The molecule has 0 saturated heterocycles. The van der Waals surface area contributed by atoms with Crippen molar-refractivity contribution in [1.82, 2.24) is 4.98 Å². The highest BCUT2D eigenvalue weighted by atomic mass is 16.5. The van der Waals surface area contributed by atoms with Gasteiger partial charge in [-0.3, -0.25) is 9.78 Å². The lowest BCUT2D eigenvalue weighted by molar-refractivity contribution is 0.0604. The second-order valence-electron chi connectivity index (χ2n) is 4.08. The van der Waals surface area contributed by atoms with E-state index >= 15 is 0 Å². The summed E-state index contributed by atoms with van der Waals surface area (Å²) in [7, 11) is 1.54. The van der Waals surface area contributed by atoms with Gasteiger partial charge in [-0.2, -0.15) is 0 Å². The van der Waals surface area contributed by atoms with Crippen LogP contribution in [0.1, 0.15) is 27.7 Å². The maximum Gasteiger partial charge on any atom is 0.197 e. The SMILES string of the molecule is COC(C(=O)c1ccc(C)nc1)c1ccccc1. The van der Waals surface area contributed by atoms with Crippen LogP contribution in [0.5, 0.6) is 0 Å². The molecule has 0 saturated carbocycles. The number of ether oxygens (including phenoxy) is 1. The van der Waals surface area contributed by atoms with E-state index in [0.29, 0.717) is 5.56 Å². The lowest BCUT2D eigenvalue weighted by Crippen LogP contribution is -2.15. The van der Waals surface area contributed by atoms with Gasteiger partial charge >= 0.3 is 0 Å². The molecular weight excluding hydrogens is 226 g/mol. The number of benzene rings is 1. The third kappa shape index (κ3) is 2.63. The molecule has 3 nitrogen and oxygen atoms in total. The Morgan fingerprint density at radius 3 is 2.44 bits per heavy atom. The van der Waals surface area contributed by atoms with E-state index in [9.17, 15) is 4.79 Å². The van der Waals surface area contributed by atoms with Gasteiger partial charge in [-0.05, 0) is 24.6 Å². The summed E-state index contributed by atoms with van der Waals surface area (Å²) < 4.78 is 5.31. The van der Waals surface area contributed by atoms with Crippen molar-refractivity contribution < 1.29 is 9.53 Å². The Balaban J connectivity index is 2.28. The molecule has 0 aliphatic rings. The molecule has 1 aromatic heterocycles. The molecule has 0 amide bonds. The van der Waals surface area contributed by atoms with E-state index in [4.69, 9.17) is 4.74 Å². The van der Waals surface area contributed by atoms with E-state index in [1.54, 1.807) is 12.3 Å². The van der Waals surface area contributed by atoms with Gasteiger partial charge in [-0.25, -0.2) is 0 Å². The minimum Gasteiger partial charge on any atom is -0.369 e. The fourth-order valence-electron chi connectivity index (χ4n) is 1.79. The van der Waals surface area contributed by atoms with Gasteiger partial charge in [0.15, 0.2) is 5.78 Å². The van der Waals surface area contributed by atoms with Crippen molar-refractivity contribution in [3.63, 3.8) is 0 Å². The molecule has 2 rings (SSSR count). The van der Waals surface area contributed by atoms with Gasteiger partial charge < -0.3 is 4.74 Å². The van der Waals surface area contributed by atoms with Crippen molar-refractivity contribution in [2.24, 2.45) is 0 Å². The van der Waals surface area contributed by atoms with Crippen molar-refractivity contribution >= 4 is 5.78 Å². The average molecular weight is 241 g/mol. The lowest BCUT2D eigenvalue weighted by atomic mass is 10.0. The molecule has 0 N–H and O–H groups in total. The number of hydrogen-bond acceptors (Lipinski definition) is 3. The highest BCUT2D eigenvalue weighted by Gasteiger charge is 2.21. The molecule has 0 spiro atoms. The van der Waals surface area contributed by atoms with Crippen LogP contribution in [0.3, 0.4) is 0 Å². The number of carbonyl (C=O) groups excluding carboxylic acids is 1. The maximum absolute atomic E-state index is 12.3. The topological polar surface area (TPSA) is 39.2 Å². The summed E-state index contributed by atoms with van der Waals surface area (Å²) in [6.07, 6.45) is 1.02. The molecule has 18 heavy (non-hydrogen) atoms. The number of methoxy groups -OCH3 is 1. The highest BCUT2D eigenvalue weighted by Crippen LogP contribution is 2.21. The van der Waals surface area contributed by atoms with Crippen molar-refractivity contribution in [2.75, 3.05) is 7.11 Å². The Morgan fingerprint density at radius 2 is 1.89 bits per heavy atom. The minimum absolute atomic E-state index is 0.0730. The standard InChI is InChI=1S/C15H15NO2/c1-11-8-9-13(10-16-11)14(17)15(18-2)12-6-4-3-5-7-12/h3-10,15H,1-2H3.